The first-order chi connectivity index (χ1) is 10.8. The third-order valence-corrected chi connectivity index (χ3v) is 5.08. The summed E-state index contributed by atoms with van der Waals surface area (Å²) < 4.78 is 2.40. The number of imidazole rings is 1. The van der Waals surface area contributed by atoms with Crippen LogP contribution in [-0.2, 0) is 12.8 Å². The second-order valence-corrected chi connectivity index (χ2v) is 6.54. The molecule has 0 aliphatic carbocycles. The third-order valence-electron chi connectivity index (χ3n) is 5.08. The van der Waals surface area contributed by atoms with Gasteiger partial charge in [0.25, 0.3) is 0 Å². The average Bonchev–Trinajstić information content (AvgIpc) is 3.15. The Morgan fingerprint density at radius 2 is 2.14 bits per heavy atom. The number of rotatable bonds is 3. The van der Waals surface area contributed by atoms with E-state index in [0.717, 1.165) is 26.1 Å². The first-order valence-electron chi connectivity index (χ1n) is 8.36. The molecule has 1 N–H and O–H groups in total. The molecule has 1 saturated heterocycles. The molecule has 1 aromatic carbocycles. The first kappa shape index (κ1) is 13.8. The van der Waals surface area contributed by atoms with Crippen molar-refractivity contribution in [1.82, 2.24) is 14.9 Å². The fourth-order valence-electron chi connectivity index (χ4n) is 3.81. The Balaban J connectivity index is 1.56. The van der Waals surface area contributed by atoms with Crippen LogP contribution in [0.2, 0.25) is 0 Å². The highest BCUT2D eigenvalue weighted by Crippen LogP contribution is 2.28. The molecule has 2 aliphatic heterocycles. The first-order valence-corrected chi connectivity index (χ1v) is 8.36. The summed E-state index contributed by atoms with van der Waals surface area (Å²) in [4.78, 5) is 6.97. The SMILES string of the molecule is CN1CCc2cc(Cc3nccn3C3CCNCC3)ccc21. The summed E-state index contributed by atoms with van der Waals surface area (Å²) in [6.45, 7) is 3.38. The number of hydrogen-bond acceptors (Lipinski definition) is 3. The van der Waals surface area contributed by atoms with Gasteiger partial charge in [-0.25, -0.2) is 4.98 Å². The fraction of sp³-hybridized carbons (Fsp3) is 0.500. The highest BCUT2D eigenvalue weighted by molar-refractivity contribution is 5.58. The highest BCUT2D eigenvalue weighted by Gasteiger charge is 2.19. The van der Waals surface area contributed by atoms with E-state index in [2.05, 4.69) is 51.2 Å². The van der Waals surface area contributed by atoms with E-state index in [4.69, 9.17) is 0 Å². The Labute approximate surface area is 132 Å². The van der Waals surface area contributed by atoms with Gasteiger partial charge in [0.1, 0.15) is 5.82 Å². The van der Waals surface area contributed by atoms with E-state index >= 15 is 0 Å². The van der Waals surface area contributed by atoms with Crippen molar-refractivity contribution >= 4 is 5.69 Å². The number of nitrogens with one attached hydrogen (secondary N) is 1. The van der Waals surface area contributed by atoms with Crippen LogP contribution in [0.1, 0.15) is 35.8 Å². The van der Waals surface area contributed by atoms with Crippen LogP contribution in [0.5, 0.6) is 0 Å². The van der Waals surface area contributed by atoms with Crippen LogP contribution in [0.15, 0.2) is 30.6 Å². The summed E-state index contributed by atoms with van der Waals surface area (Å²) in [5, 5.41) is 3.44. The maximum absolute atomic E-state index is 4.63. The molecule has 4 rings (SSSR count). The van der Waals surface area contributed by atoms with Crippen molar-refractivity contribution in [2.75, 3.05) is 31.6 Å². The van der Waals surface area contributed by atoms with Crippen LogP contribution in [0.3, 0.4) is 0 Å². The summed E-state index contributed by atoms with van der Waals surface area (Å²) in [6, 6.07) is 7.53. The molecule has 0 amide bonds. The minimum absolute atomic E-state index is 0.610. The number of benzene rings is 1. The van der Waals surface area contributed by atoms with Gasteiger partial charge in [-0.15, -0.1) is 0 Å². The Bertz CT molecular complexity index is 655. The van der Waals surface area contributed by atoms with Crippen molar-refractivity contribution in [3.8, 4) is 0 Å². The Hall–Kier alpha value is -1.81. The van der Waals surface area contributed by atoms with E-state index in [0.29, 0.717) is 6.04 Å². The van der Waals surface area contributed by atoms with Gasteiger partial charge in [0.15, 0.2) is 0 Å². The van der Waals surface area contributed by atoms with Crippen LogP contribution >= 0.6 is 0 Å². The van der Waals surface area contributed by atoms with Gasteiger partial charge in [0.2, 0.25) is 0 Å². The Morgan fingerprint density at radius 1 is 1.27 bits per heavy atom. The van der Waals surface area contributed by atoms with Gasteiger partial charge in [-0.2, -0.15) is 0 Å². The monoisotopic (exact) mass is 296 g/mol. The van der Waals surface area contributed by atoms with E-state index in [9.17, 15) is 0 Å². The maximum Gasteiger partial charge on any atom is 0.113 e. The van der Waals surface area contributed by atoms with Gasteiger partial charge in [-0.1, -0.05) is 12.1 Å². The van der Waals surface area contributed by atoms with Crippen molar-refractivity contribution in [3.05, 3.63) is 47.5 Å². The number of nitrogens with zero attached hydrogens (tertiary/aromatic N) is 3. The molecule has 4 nitrogen and oxygen atoms in total. The smallest absolute Gasteiger partial charge is 0.113 e. The quantitative estimate of drug-likeness (QED) is 0.944. The second-order valence-electron chi connectivity index (χ2n) is 6.54. The zero-order valence-corrected chi connectivity index (χ0v) is 13.3. The van der Waals surface area contributed by atoms with Crippen molar-refractivity contribution in [2.24, 2.45) is 0 Å². The summed E-state index contributed by atoms with van der Waals surface area (Å²) in [6.07, 6.45) is 8.64. The second kappa shape index (κ2) is 5.76. The van der Waals surface area contributed by atoms with E-state index in [1.165, 1.54) is 41.9 Å². The maximum atomic E-state index is 4.63. The van der Waals surface area contributed by atoms with Crippen LogP contribution in [0, 0.1) is 0 Å². The molecule has 3 heterocycles. The normalized spacial score (nSPS) is 18.7. The minimum atomic E-state index is 0.610. The molecule has 1 aromatic heterocycles. The zero-order chi connectivity index (χ0) is 14.9. The number of anilines is 1. The molecule has 116 valence electrons. The number of fused-ring (bicyclic) bond motifs is 1. The standard InChI is InChI=1S/C18H24N4/c1-21-10-6-15-12-14(2-3-17(15)21)13-18-20-9-11-22(18)16-4-7-19-8-5-16/h2-3,9,11-12,16,19H,4-8,10,13H2,1H3. The van der Waals surface area contributed by atoms with Crippen molar-refractivity contribution in [1.29, 1.82) is 0 Å². The molecule has 0 bridgehead atoms. The molecule has 2 aliphatic rings. The van der Waals surface area contributed by atoms with Gasteiger partial charge < -0.3 is 14.8 Å². The molecule has 0 atom stereocenters. The number of piperidine rings is 1. The topological polar surface area (TPSA) is 33.1 Å². The van der Waals surface area contributed by atoms with Gasteiger partial charge in [0.05, 0.1) is 0 Å². The molecule has 22 heavy (non-hydrogen) atoms. The molecular formula is C18H24N4. The van der Waals surface area contributed by atoms with Gasteiger partial charge in [0, 0.05) is 44.1 Å². The molecule has 0 spiro atoms. The van der Waals surface area contributed by atoms with E-state index in [-0.39, 0.29) is 0 Å². The summed E-state index contributed by atoms with van der Waals surface area (Å²) in [5.41, 5.74) is 4.26. The highest BCUT2D eigenvalue weighted by atomic mass is 15.1. The van der Waals surface area contributed by atoms with Crippen LogP contribution in [-0.4, -0.2) is 36.2 Å². The lowest BCUT2D eigenvalue weighted by atomic mass is 10.0. The summed E-state index contributed by atoms with van der Waals surface area (Å²) in [7, 11) is 2.18. The Kier molecular flexibility index (Phi) is 3.62. The molecular weight excluding hydrogens is 272 g/mol. The van der Waals surface area contributed by atoms with E-state index in [1.807, 2.05) is 6.20 Å². The average molecular weight is 296 g/mol. The predicted molar refractivity (Wildman–Crippen MR) is 89.6 cm³/mol. The zero-order valence-electron chi connectivity index (χ0n) is 13.3. The van der Waals surface area contributed by atoms with Gasteiger partial charge >= 0.3 is 0 Å². The van der Waals surface area contributed by atoms with Gasteiger partial charge in [-0.3, -0.25) is 0 Å². The number of hydrogen-bond donors (Lipinski definition) is 1. The molecule has 4 heteroatoms. The molecule has 0 unspecified atom stereocenters. The van der Waals surface area contributed by atoms with E-state index in [1.54, 1.807) is 0 Å². The third kappa shape index (κ3) is 2.52. The van der Waals surface area contributed by atoms with Crippen molar-refractivity contribution in [2.45, 2.75) is 31.7 Å². The van der Waals surface area contributed by atoms with Crippen LogP contribution in [0.4, 0.5) is 5.69 Å². The lowest BCUT2D eigenvalue weighted by molar-refractivity contribution is 0.361. The molecule has 0 saturated carbocycles. The molecule has 0 radical (unpaired) electrons. The summed E-state index contributed by atoms with van der Waals surface area (Å²) in [5.74, 6) is 1.21. The summed E-state index contributed by atoms with van der Waals surface area (Å²) >= 11 is 0. The van der Waals surface area contributed by atoms with Crippen molar-refractivity contribution < 1.29 is 0 Å². The lowest BCUT2D eigenvalue weighted by Crippen LogP contribution is -2.29. The lowest BCUT2D eigenvalue weighted by Gasteiger charge is -2.25. The largest absolute Gasteiger partial charge is 0.374 e. The van der Waals surface area contributed by atoms with Gasteiger partial charge in [-0.05, 0) is 49.5 Å². The Morgan fingerprint density at radius 3 is 3.00 bits per heavy atom. The predicted octanol–water partition coefficient (Wildman–Crippen LogP) is 2.39. The van der Waals surface area contributed by atoms with Crippen LogP contribution in [0.25, 0.3) is 0 Å². The fourth-order valence-corrected chi connectivity index (χ4v) is 3.81. The van der Waals surface area contributed by atoms with E-state index < -0.39 is 0 Å². The van der Waals surface area contributed by atoms with Crippen molar-refractivity contribution in [3.63, 3.8) is 0 Å². The number of aromatic nitrogens is 2. The molecule has 1 fully saturated rings. The minimum Gasteiger partial charge on any atom is -0.374 e. The van der Waals surface area contributed by atoms with Crippen LogP contribution < -0.4 is 10.2 Å². The molecule has 2 aromatic rings. The number of likely N-dealkylation sites (N-methyl/N-ethyl adjacent to an activating group) is 1.